The third-order valence-corrected chi connectivity index (χ3v) is 9.16. The number of nitrogens with one attached hydrogen (secondary N) is 1. The lowest BCUT2D eigenvalue weighted by Crippen LogP contribution is -1.93. The summed E-state index contributed by atoms with van der Waals surface area (Å²) in [5.74, 6) is 0.657. The molecule has 3 aromatic carbocycles. The van der Waals surface area contributed by atoms with E-state index in [-0.39, 0.29) is 0 Å². The van der Waals surface area contributed by atoms with Gasteiger partial charge in [0.25, 0.3) is 0 Å². The second-order valence-electron chi connectivity index (χ2n) is 9.19. The van der Waals surface area contributed by atoms with Crippen LogP contribution in [0.2, 0.25) is 0 Å². The van der Waals surface area contributed by atoms with Gasteiger partial charge in [-0.2, -0.15) is 8.75 Å². The van der Waals surface area contributed by atoms with Gasteiger partial charge in [0, 0.05) is 43.0 Å². The van der Waals surface area contributed by atoms with E-state index in [1.807, 2.05) is 29.7 Å². The first kappa shape index (κ1) is 22.4. The number of aromatic nitrogens is 2. The van der Waals surface area contributed by atoms with Gasteiger partial charge in [-0.15, -0.1) is 22.7 Å². The fourth-order valence-electron chi connectivity index (χ4n) is 4.50. The molecule has 0 unspecified atom stereocenters. The monoisotopic (exact) mass is 511 g/mol. The smallest absolute Gasteiger partial charge is 0.114 e. The van der Waals surface area contributed by atoms with Gasteiger partial charge in [0.15, 0.2) is 0 Å². The highest BCUT2D eigenvalue weighted by Crippen LogP contribution is 2.44. The predicted molar refractivity (Wildman–Crippen MR) is 155 cm³/mol. The molecule has 6 rings (SSSR count). The second kappa shape index (κ2) is 9.19. The van der Waals surface area contributed by atoms with Crippen LogP contribution in [0.1, 0.15) is 19.4 Å². The first-order chi connectivity index (χ1) is 17.1. The van der Waals surface area contributed by atoms with Crippen LogP contribution in [0.25, 0.3) is 52.4 Å². The molecule has 0 bridgehead atoms. The Balaban J connectivity index is 1.34. The van der Waals surface area contributed by atoms with Crippen molar-refractivity contribution in [3.05, 3.63) is 78.4 Å². The maximum absolute atomic E-state index is 4.71. The van der Waals surface area contributed by atoms with Crippen LogP contribution in [-0.2, 0) is 6.42 Å². The van der Waals surface area contributed by atoms with Crippen LogP contribution in [0.5, 0.6) is 0 Å². The highest BCUT2D eigenvalue weighted by Gasteiger charge is 2.16. The Morgan fingerprint density at radius 2 is 1.31 bits per heavy atom. The minimum absolute atomic E-state index is 0.657. The predicted octanol–water partition coefficient (Wildman–Crippen LogP) is 9.21. The van der Waals surface area contributed by atoms with Gasteiger partial charge in [-0.1, -0.05) is 62.4 Å². The highest BCUT2D eigenvalue weighted by molar-refractivity contribution is 7.31. The average molecular weight is 512 g/mol. The summed E-state index contributed by atoms with van der Waals surface area (Å²) in [6, 6.07) is 26.6. The van der Waals surface area contributed by atoms with Crippen molar-refractivity contribution >= 4 is 60.5 Å². The minimum Gasteiger partial charge on any atom is -0.388 e. The Hall–Kier alpha value is -3.06. The maximum atomic E-state index is 4.71. The molecule has 6 heteroatoms. The van der Waals surface area contributed by atoms with Crippen molar-refractivity contribution in [3.63, 3.8) is 0 Å². The lowest BCUT2D eigenvalue weighted by molar-refractivity contribution is 0.647. The van der Waals surface area contributed by atoms with Crippen molar-refractivity contribution in [2.24, 2.45) is 5.92 Å². The van der Waals surface area contributed by atoms with E-state index in [4.69, 9.17) is 8.75 Å². The molecule has 0 saturated heterocycles. The Kier molecular flexibility index (Phi) is 5.88. The normalized spacial score (nSPS) is 11.7. The molecule has 0 atom stereocenters. The van der Waals surface area contributed by atoms with Crippen LogP contribution in [-0.4, -0.2) is 15.8 Å². The van der Waals surface area contributed by atoms with Gasteiger partial charge < -0.3 is 5.32 Å². The van der Waals surface area contributed by atoms with Crippen LogP contribution < -0.4 is 5.32 Å². The molecule has 35 heavy (non-hydrogen) atoms. The molecule has 0 aliphatic heterocycles. The van der Waals surface area contributed by atoms with Gasteiger partial charge >= 0.3 is 0 Å². The van der Waals surface area contributed by atoms with E-state index < -0.39 is 0 Å². The number of hydrogen-bond donors (Lipinski definition) is 1. The Morgan fingerprint density at radius 3 is 2.00 bits per heavy atom. The van der Waals surface area contributed by atoms with Crippen LogP contribution in [0.15, 0.2) is 72.8 Å². The molecule has 0 spiro atoms. The standard InChI is InChI=1S/C29H25N3S3/c1-17(2)14-18-4-6-19(7-5-18)22-12-13-23(29-28(22)31-35-32-29)25-16-27-26(34-25)15-24(33-27)20-8-10-21(30-3)11-9-20/h4-13,15-17,30H,14H2,1-3H3. The van der Waals surface area contributed by atoms with Crippen molar-refractivity contribution in [3.8, 4) is 32.0 Å². The molecule has 3 heterocycles. The van der Waals surface area contributed by atoms with E-state index in [1.54, 1.807) is 0 Å². The molecule has 174 valence electrons. The van der Waals surface area contributed by atoms with E-state index in [0.717, 1.165) is 28.7 Å². The zero-order valence-electron chi connectivity index (χ0n) is 19.8. The van der Waals surface area contributed by atoms with Crippen molar-refractivity contribution in [1.82, 2.24) is 8.75 Å². The fraction of sp³-hybridized carbons (Fsp3) is 0.172. The lowest BCUT2D eigenvalue weighted by Gasteiger charge is -2.08. The Labute approximate surface area is 217 Å². The summed E-state index contributed by atoms with van der Waals surface area (Å²) in [4.78, 5) is 2.55. The molecule has 0 fully saturated rings. The Bertz CT molecular complexity index is 1590. The number of anilines is 1. The first-order valence-electron chi connectivity index (χ1n) is 11.8. The fourth-order valence-corrected chi connectivity index (χ4v) is 7.50. The molecule has 6 aromatic rings. The number of hydrogen-bond acceptors (Lipinski definition) is 6. The quantitative estimate of drug-likeness (QED) is 0.242. The SMILES string of the molecule is CNc1ccc(-c2cc3sc(-c4ccc(-c5ccc(CC(C)C)cc5)c5nsnc45)cc3s2)cc1. The Morgan fingerprint density at radius 1 is 0.714 bits per heavy atom. The molecule has 0 saturated carbocycles. The molecule has 1 N–H and O–H groups in total. The summed E-state index contributed by atoms with van der Waals surface area (Å²) < 4.78 is 12.0. The maximum Gasteiger partial charge on any atom is 0.114 e. The molecular weight excluding hydrogens is 487 g/mol. The molecule has 0 amide bonds. The summed E-state index contributed by atoms with van der Waals surface area (Å²) in [6.45, 7) is 4.52. The van der Waals surface area contributed by atoms with E-state index in [0.29, 0.717) is 5.92 Å². The number of nitrogens with zero attached hydrogens (tertiary/aromatic N) is 2. The zero-order valence-corrected chi connectivity index (χ0v) is 22.3. The van der Waals surface area contributed by atoms with Gasteiger partial charge in [-0.25, -0.2) is 0 Å². The van der Waals surface area contributed by atoms with Gasteiger partial charge in [-0.05, 0) is 53.3 Å². The van der Waals surface area contributed by atoms with Gasteiger partial charge in [0.1, 0.15) is 11.0 Å². The highest BCUT2D eigenvalue weighted by atomic mass is 32.1. The number of rotatable bonds is 6. The van der Waals surface area contributed by atoms with E-state index in [1.165, 1.54) is 53.1 Å². The molecule has 0 aliphatic carbocycles. The van der Waals surface area contributed by atoms with E-state index in [2.05, 4.69) is 92.0 Å². The van der Waals surface area contributed by atoms with Crippen molar-refractivity contribution < 1.29 is 0 Å². The van der Waals surface area contributed by atoms with Gasteiger partial charge in [-0.3, -0.25) is 0 Å². The number of thiophene rings is 2. The zero-order chi connectivity index (χ0) is 23.9. The summed E-state index contributed by atoms with van der Waals surface area (Å²) in [5, 5.41) is 3.18. The third-order valence-electron chi connectivity index (χ3n) is 6.25. The summed E-state index contributed by atoms with van der Waals surface area (Å²) >= 11 is 4.98. The van der Waals surface area contributed by atoms with Crippen LogP contribution in [0, 0.1) is 5.92 Å². The topological polar surface area (TPSA) is 37.8 Å². The molecule has 0 radical (unpaired) electrons. The summed E-state index contributed by atoms with van der Waals surface area (Å²) in [6.07, 6.45) is 1.10. The van der Waals surface area contributed by atoms with Crippen LogP contribution in [0.4, 0.5) is 5.69 Å². The molecular formula is C29H25N3S3. The summed E-state index contributed by atoms with van der Waals surface area (Å²) in [7, 11) is 1.95. The number of fused-ring (bicyclic) bond motifs is 2. The van der Waals surface area contributed by atoms with Crippen LogP contribution in [0.3, 0.4) is 0 Å². The van der Waals surface area contributed by atoms with Crippen LogP contribution >= 0.6 is 34.4 Å². The van der Waals surface area contributed by atoms with E-state index >= 15 is 0 Å². The van der Waals surface area contributed by atoms with Gasteiger partial charge in [0.05, 0.1) is 11.7 Å². The van der Waals surface area contributed by atoms with Crippen molar-refractivity contribution in [2.45, 2.75) is 20.3 Å². The van der Waals surface area contributed by atoms with Crippen molar-refractivity contribution in [2.75, 3.05) is 12.4 Å². The molecule has 0 aliphatic rings. The molecule has 3 aromatic heterocycles. The summed E-state index contributed by atoms with van der Waals surface area (Å²) in [5.41, 5.74) is 9.27. The minimum atomic E-state index is 0.657. The largest absolute Gasteiger partial charge is 0.388 e. The first-order valence-corrected chi connectivity index (χ1v) is 14.1. The second-order valence-corrected chi connectivity index (χ2v) is 11.9. The van der Waals surface area contributed by atoms with Gasteiger partial charge in [0.2, 0.25) is 0 Å². The average Bonchev–Trinajstić information content (AvgIpc) is 3.59. The molecule has 3 nitrogen and oxygen atoms in total. The third kappa shape index (κ3) is 4.27. The van der Waals surface area contributed by atoms with Crippen molar-refractivity contribution in [1.29, 1.82) is 0 Å². The van der Waals surface area contributed by atoms with E-state index in [9.17, 15) is 0 Å². The number of benzene rings is 3. The lowest BCUT2D eigenvalue weighted by atomic mass is 9.97.